The third-order valence-corrected chi connectivity index (χ3v) is 2.72. The van der Waals surface area contributed by atoms with Crippen LogP contribution < -0.4 is 5.48 Å². The molecule has 0 spiro atoms. The van der Waals surface area contributed by atoms with E-state index in [4.69, 9.17) is 5.11 Å². The first-order chi connectivity index (χ1) is 7.49. The molecule has 0 heterocycles. The number of urea groups is 1. The van der Waals surface area contributed by atoms with Gasteiger partial charge in [-0.3, -0.25) is 4.84 Å². The van der Waals surface area contributed by atoms with E-state index in [1.807, 2.05) is 13.2 Å². The van der Waals surface area contributed by atoms with E-state index in [0.717, 1.165) is 12.2 Å². The van der Waals surface area contributed by atoms with Gasteiger partial charge in [0.25, 0.3) is 0 Å². The normalized spacial score (nSPS) is 11.9. The molecule has 16 heavy (non-hydrogen) atoms. The summed E-state index contributed by atoms with van der Waals surface area (Å²) in [5.74, 6) is -0.159. The first-order valence-electron chi connectivity index (χ1n) is 4.84. The molecule has 2 amide bonds. The van der Waals surface area contributed by atoms with Crippen molar-refractivity contribution < 1.29 is 19.5 Å². The first kappa shape index (κ1) is 15.0. The Bertz CT molecular complexity index is 238. The van der Waals surface area contributed by atoms with Gasteiger partial charge in [-0.05, 0) is 25.4 Å². The van der Waals surface area contributed by atoms with Crippen LogP contribution in [0, 0.1) is 0 Å². The molecule has 6 nitrogen and oxygen atoms in total. The summed E-state index contributed by atoms with van der Waals surface area (Å²) in [5, 5.41) is 8.30. The summed E-state index contributed by atoms with van der Waals surface area (Å²) in [7, 11) is 1.64. The van der Waals surface area contributed by atoms with Crippen molar-refractivity contribution in [2.24, 2.45) is 0 Å². The topological polar surface area (TPSA) is 78.9 Å². The molecule has 0 aromatic heterocycles. The highest BCUT2D eigenvalue weighted by molar-refractivity contribution is 7.98. The Balaban J connectivity index is 3.83. The number of hydroxylamine groups is 1. The largest absolute Gasteiger partial charge is 0.479 e. The van der Waals surface area contributed by atoms with Crippen molar-refractivity contribution in [3.8, 4) is 0 Å². The lowest BCUT2D eigenvalue weighted by atomic mass is 10.2. The van der Waals surface area contributed by atoms with Gasteiger partial charge in [-0.15, -0.1) is 0 Å². The number of hydrogen-bond acceptors (Lipinski definition) is 4. The zero-order valence-corrected chi connectivity index (χ0v) is 10.5. The van der Waals surface area contributed by atoms with Gasteiger partial charge in [-0.25, -0.2) is 15.1 Å². The minimum absolute atomic E-state index is 0.0841. The van der Waals surface area contributed by atoms with Crippen LogP contribution >= 0.6 is 11.8 Å². The molecule has 0 saturated heterocycles. The Hall–Kier alpha value is -0.950. The number of carboxylic acid groups (broad SMARTS) is 1. The summed E-state index contributed by atoms with van der Waals surface area (Å²) in [6, 6.07) is -0.351. The number of thioether (sulfide) groups is 1. The van der Waals surface area contributed by atoms with Gasteiger partial charge in [-0.1, -0.05) is 0 Å². The Kier molecular flexibility index (Phi) is 7.74. The second kappa shape index (κ2) is 8.23. The fraction of sp³-hybridized carbons (Fsp3) is 0.778. The van der Waals surface area contributed by atoms with Crippen molar-refractivity contribution in [3.05, 3.63) is 0 Å². The zero-order valence-electron chi connectivity index (χ0n) is 9.73. The second-order valence-corrected chi connectivity index (χ2v) is 4.32. The molecule has 0 saturated carbocycles. The van der Waals surface area contributed by atoms with E-state index in [2.05, 4.69) is 10.3 Å². The van der Waals surface area contributed by atoms with Gasteiger partial charge in [0.1, 0.15) is 0 Å². The van der Waals surface area contributed by atoms with Crippen LogP contribution in [0.1, 0.15) is 13.3 Å². The molecule has 0 rings (SSSR count). The van der Waals surface area contributed by atoms with E-state index < -0.39 is 18.6 Å². The molecule has 94 valence electrons. The molecule has 0 bridgehead atoms. The lowest BCUT2D eigenvalue weighted by Gasteiger charge is -2.24. The third kappa shape index (κ3) is 6.52. The molecular formula is C9H18N2O4S. The monoisotopic (exact) mass is 250 g/mol. The Labute approximate surface area is 99.3 Å². The van der Waals surface area contributed by atoms with Crippen molar-refractivity contribution >= 4 is 23.8 Å². The molecule has 2 N–H and O–H groups in total. The Morgan fingerprint density at radius 2 is 2.19 bits per heavy atom. The van der Waals surface area contributed by atoms with E-state index in [9.17, 15) is 9.59 Å². The number of carbonyl (C=O) groups excluding carboxylic acids is 1. The maximum atomic E-state index is 11.4. The molecule has 0 aromatic carbocycles. The Morgan fingerprint density at radius 1 is 1.56 bits per heavy atom. The van der Waals surface area contributed by atoms with Crippen molar-refractivity contribution in [2.45, 2.75) is 19.4 Å². The number of rotatable bonds is 7. The molecule has 0 radical (unpaired) electrons. The number of carboxylic acids is 1. The summed E-state index contributed by atoms with van der Waals surface area (Å²) >= 11 is 1.71. The molecule has 1 unspecified atom stereocenters. The Morgan fingerprint density at radius 3 is 2.69 bits per heavy atom. The van der Waals surface area contributed by atoms with E-state index in [1.54, 1.807) is 18.8 Å². The maximum absolute atomic E-state index is 11.4. The van der Waals surface area contributed by atoms with Crippen LogP contribution in [0.3, 0.4) is 0 Å². The highest BCUT2D eigenvalue weighted by atomic mass is 32.2. The fourth-order valence-corrected chi connectivity index (χ4v) is 1.49. The van der Waals surface area contributed by atoms with E-state index in [1.165, 1.54) is 4.90 Å². The molecule has 0 aliphatic rings. The SMILES string of the molecule is CSCCC(C)N(C)C(=O)NOCC(=O)O. The highest BCUT2D eigenvalue weighted by Crippen LogP contribution is 2.05. The average Bonchev–Trinajstić information content (AvgIpc) is 2.24. The zero-order chi connectivity index (χ0) is 12.6. The van der Waals surface area contributed by atoms with E-state index in [0.29, 0.717) is 0 Å². The standard InChI is InChI=1S/C9H18N2O4S/c1-7(4-5-16-3)11(2)9(14)10-15-6-8(12)13/h7H,4-6H2,1-3H3,(H,10,14)(H,12,13). The van der Waals surface area contributed by atoms with Crippen LogP contribution in [-0.2, 0) is 9.63 Å². The molecule has 0 fully saturated rings. The van der Waals surface area contributed by atoms with Crippen molar-refractivity contribution in [2.75, 3.05) is 25.7 Å². The van der Waals surface area contributed by atoms with Crippen LogP contribution in [0.25, 0.3) is 0 Å². The number of nitrogens with one attached hydrogen (secondary N) is 1. The summed E-state index contributed by atoms with van der Waals surface area (Å²) in [4.78, 5) is 27.5. The van der Waals surface area contributed by atoms with Crippen LogP contribution in [0.4, 0.5) is 4.79 Å². The van der Waals surface area contributed by atoms with Crippen molar-refractivity contribution in [3.63, 3.8) is 0 Å². The number of hydrogen-bond donors (Lipinski definition) is 2. The fourth-order valence-electron chi connectivity index (χ4n) is 0.914. The highest BCUT2D eigenvalue weighted by Gasteiger charge is 2.15. The lowest BCUT2D eigenvalue weighted by molar-refractivity contribution is -0.144. The predicted molar refractivity (Wildman–Crippen MR) is 62.3 cm³/mol. The summed E-state index contributed by atoms with van der Waals surface area (Å²) in [6.45, 7) is 1.38. The number of amides is 2. The number of carbonyl (C=O) groups is 2. The van der Waals surface area contributed by atoms with E-state index in [-0.39, 0.29) is 6.04 Å². The summed E-state index contributed by atoms with van der Waals surface area (Å²) < 4.78 is 0. The molecular weight excluding hydrogens is 232 g/mol. The number of nitrogens with zero attached hydrogens (tertiary/aromatic N) is 1. The van der Waals surface area contributed by atoms with Gasteiger partial charge < -0.3 is 10.0 Å². The lowest BCUT2D eigenvalue weighted by Crippen LogP contribution is -2.43. The predicted octanol–water partition coefficient (Wildman–Crippen LogP) is 0.786. The van der Waals surface area contributed by atoms with Gasteiger partial charge in [0.15, 0.2) is 6.61 Å². The van der Waals surface area contributed by atoms with Crippen LogP contribution in [0.2, 0.25) is 0 Å². The van der Waals surface area contributed by atoms with Gasteiger partial charge in [-0.2, -0.15) is 11.8 Å². The summed E-state index contributed by atoms with van der Waals surface area (Å²) in [5.41, 5.74) is 2.07. The molecule has 0 aliphatic carbocycles. The van der Waals surface area contributed by atoms with E-state index >= 15 is 0 Å². The van der Waals surface area contributed by atoms with Crippen LogP contribution in [0.15, 0.2) is 0 Å². The van der Waals surface area contributed by atoms with Gasteiger partial charge in [0, 0.05) is 13.1 Å². The van der Waals surface area contributed by atoms with Gasteiger partial charge in [0.05, 0.1) is 0 Å². The minimum Gasteiger partial charge on any atom is -0.479 e. The van der Waals surface area contributed by atoms with Crippen LogP contribution in [0.5, 0.6) is 0 Å². The molecule has 0 aromatic rings. The molecule has 0 aliphatic heterocycles. The smallest absolute Gasteiger partial charge is 0.341 e. The maximum Gasteiger partial charge on any atom is 0.341 e. The molecule has 7 heteroatoms. The number of aliphatic carboxylic acids is 1. The quantitative estimate of drug-likeness (QED) is 0.653. The second-order valence-electron chi connectivity index (χ2n) is 3.33. The van der Waals surface area contributed by atoms with Gasteiger partial charge in [0.2, 0.25) is 0 Å². The molecule has 1 atom stereocenters. The third-order valence-electron chi connectivity index (χ3n) is 2.08. The van der Waals surface area contributed by atoms with Crippen molar-refractivity contribution in [1.29, 1.82) is 0 Å². The first-order valence-corrected chi connectivity index (χ1v) is 6.23. The van der Waals surface area contributed by atoms with Gasteiger partial charge >= 0.3 is 12.0 Å². The average molecular weight is 250 g/mol. The summed E-state index contributed by atoms with van der Waals surface area (Å²) in [6.07, 6.45) is 2.88. The van der Waals surface area contributed by atoms with Crippen LogP contribution in [-0.4, -0.2) is 53.7 Å². The van der Waals surface area contributed by atoms with Crippen molar-refractivity contribution in [1.82, 2.24) is 10.4 Å². The minimum atomic E-state index is -1.13.